The van der Waals surface area contributed by atoms with Crippen LogP contribution in [0.1, 0.15) is 11.8 Å². The van der Waals surface area contributed by atoms with E-state index in [1.165, 1.54) is 4.88 Å². The molecule has 84 valence electrons. The van der Waals surface area contributed by atoms with Crippen molar-refractivity contribution in [3.63, 3.8) is 0 Å². The summed E-state index contributed by atoms with van der Waals surface area (Å²) in [5.74, 6) is 0. The summed E-state index contributed by atoms with van der Waals surface area (Å²) in [4.78, 5) is 3.74. The molecule has 0 amide bonds. The minimum Gasteiger partial charge on any atom is -0.380 e. The molecular weight excluding hydrogens is 206 g/mol. The van der Waals surface area contributed by atoms with Gasteiger partial charge < -0.3 is 4.74 Å². The Balaban J connectivity index is 2.32. The van der Waals surface area contributed by atoms with E-state index in [2.05, 4.69) is 29.0 Å². The van der Waals surface area contributed by atoms with Crippen LogP contribution in [0.25, 0.3) is 0 Å². The van der Waals surface area contributed by atoms with Gasteiger partial charge in [-0.05, 0) is 18.4 Å². The molecule has 0 aliphatic carbocycles. The molecule has 0 atom stereocenters. The van der Waals surface area contributed by atoms with Crippen molar-refractivity contribution < 1.29 is 4.74 Å². The summed E-state index contributed by atoms with van der Waals surface area (Å²) in [7, 11) is 0. The highest BCUT2D eigenvalue weighted by Crippen LogP contribution is 2.11. The fourth-order valence-corrected chi connectivity index (χ4v) is 2.12. The number of rotatable bonds is 8. The first-order chi connectivity index (χ1) is 7.36. The van der Waals surface area contributed by atoms with Crippen molar-refractivity contribution in [2.45, 2.75) is 13.5 Å². The summed E-state index contributed by atoms with van der Waals surface area (Å²) in [6.07, 6.45) is 1.94. The number of nitrogens with zero attached hydrogens (tertiary/aromatic N) is 1. The second kappa shape index (κ2) is 7.63. The van der Waals surface area contributed by atoms with Gasteiger partial charge in [0, 0.05) is 31.1 Å². The highest BCUT2D eigenvalue weighted by Gasteiger charge is 2.04. The summed E-state index contributed by atoms with van der Waals surface area (Å²) >= 11 is 1.80. The summed E-state index contributed by atoms with van der Waals surface area (Å²) in [6.45, 7) is 10.3. The Morgan fingerprint density at radius 1 is 1.60 bits per heavy atom. The normalized spacial score (nSPS) is 10.8. The fourth-order valence-electron chi connectivity index (χ4n) is 1.38. The van der Waals surface area contributed by atoms with Crippen LogP contribution in [0, 0.1) is 0 Å². The number of hydrogen-bond acceptors (Lipinski definition) is 3. The quantitative estimate of drug-likeness (QED) is 0.498. The molecule has 0 N–H and O–H groups in total. The summed E-state index contributed by atoms with van der Waals surface area (Å²) in [5.41, 5.74) is 0. The molecule has 0 aliphatic rings. The Labute approximate surface area is 96.2 Å². The molecule has 0 saturated carbocycles. The Kier molecular flexibility index (Phi) is 6.32. The summed E-state index contributed by atoms with van der Waals surface area (Å²) < 4.78 is 5.36. The van der Waals surface area contributed by atoms with E-state index in [0.29, 0.717) is 0 Å². The van der Waals surface area contributed by atoms with Crippen molar-refractivity contribution >= 4 is 11.3 Å². The maximum absolute atomic E-state index is 5.36. The number of ether oxygens (including phenoxy) is 1. The third kappa shape index (κ3) is 5.11. The van der Waals surface area contributed by atoms with E-state index >= 15 is 0 Å². The summed E-state index contributed by atoms with van der Waals surface area (Å²) in [6, 6.07) is 4.26. The third-order valence-electron chi connectivity index (χ3n) is 2.10. The van der Waals surface area contributed by atoms with Crippen molar-refractivity contribution in [2.75, 3.05) is 26.3 Å². The van der Waals surface area contributed by atoms with Crippen molar-refractivity contribution in [1.29, 1.82) is 0 Å². The van der Waals surface area contributed by atoms with Crippen LogP contribution < -0.4 is 0 Å². The second-order valence-electron chi connectivity index (χ2n) is 3.30. The van der Waals surface area contributed by atoms with Crippen LogP contribution in [0.5, 0.6) is 0 Å². The van der Waals surface area contributed by atoms with Crippen LogP contribution in [0.3, 0.4) is 0 Å². The maximum atomic E-state index is 5.36. The standard InChI is InChI=1S/C12H19NOS/c1-3-7-13(8-9-14-4-2)11-12-6-5-10-15-12/h3,5-6,10H,1,4,7-9,11H2,2H3. The zero-order valence-electron chi connectivity index (χ0n) is 9.32. The molecule has 1 heterocycles. The van der Waals surface area contributed by atoms with Crippen LogP contribution in [-0.2, 0) is 11.3 Å². The topological polar surface area (TPSA) is 12.5 Å². The first-order valence-corrected chi connectivity index (χ1v) is 6.18. The highest BCUT2D eigenvalue weighted by molar-refractivity contribution is 7.09. The van der Waals surface area contributed by atoms with Gasteiger partial charge in [0.15, 0.2) is 0 Å². The first-order valence-electron chi connectivity index (χ1n) is 5.30. The van der Waals surface area contributed by atoms with Crippen molar-refractivity contribution in [3.05, 3.63) is 35.0 Å². The SMILES string of the molecule is C=CCN(CCOCC)Cc1cccs1. The van der Waals surface area contributed by atoms with E-state index in [1.54, 1.807) is 11.3 Å². The van der Waals surface area contributed by atoms with E-state index in [0.717, 1.165) is 32.8 Å². The lowest BCUT2D eigenvalue weighted by atomic mass is 10.4. The van der Waals surface area contributed by atoms with Gasteiger partial charge in [-0.2, -0.15) is 0 Å². The van der Waals surface area contributed by atoms with Gasteiger partial charge in [-0.25, -0.2) is 0 Å². The zero-order valence-corrected chi connectivity index (χ0v) is 10.1. The molecule has 0 radical (unpaired) electrons. The molecule has 0 aliphatic heterocycles. The predicted octanol–water partition coefficient (Wildman–Crippen LogP) is 2.77. The largest absolute Gasteiger partial charge is 0.380 e. The van der Waals surface area contributed by atoms with Gasteiger partial charge >= 0.3 is 0 Å². The second-order valence-corrected chi connectivity index (χ2v) is 4.33. The average molecular weight is 225 g/mol. The average Bonchev–Trinajstić information content (AvgIpc) is 2.71. The molecule has 0 spiro atoms. The van der Waals surface area contributed by atoms with Gasteiger partial charge in [0.1, 0.15) is 0 Å². The lowest BCUT2D eigenvalue weighted by Crippen LogP contribution is -2.27. The van der Waals surface area contributed by atoms with E-state index in [4.69, 9.17) is 4.74 Å². The number of hydrogen-bond donors (Lipinski definition) is 0. The molecule has 0 fully saturated rings. The molecule has 0 aromatic carbocycles. The van der Waals surface area contributed by atoms with Gasteiger partial charge in [-0.15, -0.1) is 17.9 Å². The maximum Gasteiger partial charge on any atom is 0.0593 e. The van der Waals surface area contributed by atoms with Crippen molar-refractivity contribution in [3.8, 4) is 0 Å². The lowest BCUT2D eigenvalue weighted by molar-refractivity contribution is 0.115. The molecule has 2 nitrogen and oxygen atoms in total. The minimum atomic E-state index is 0.793. The molecule has 1 aromatic heterocycles. The van der Waals surface area contributed by atoms with Crippen molar-refractivity contribution in [1.82, 2.24) is 4.90 Å². The Bertz CT molecular complexity index is 259. The van der Waals surface area contributed by atoms with Gasteiger partial charge in [0.2, 0.25) is 0 Å². The molecule has 1 rings (SSSR count). The lowest BCUT2D eigenvalue weighted by Gasteiger charge is -2.19. The van der Waals surface area contributed by atoms with Crippen LogP contribution in [0.15, 0.2) is 30.2 Å². The Morgan fingerprint density at radius 2 is 2.47 bits per heavy atom. The van der Waals surface area contributed by atoms with Gasteiger partial charge in [-0.1, -0.05) is 12.1 Å². The predicted molar refractivity (Wildman–Crippen MR) is 66.3 cm³/mol. The monoisotopic (exact) mass is 225 g/mol. The highest BCUT2D eigenvalue weighted by atomic mass is 32.1. The minimum absolute atomic E-state index is 0.793. The number of thiophene rings is 1. The fraction of sp³-hybridized carbons (Fsp3) is 0.500. The Hall–Kier alpha value is -0.640. The third-order valence-corrected chi connectivity index (χ3v) is 2.96. The molecule has 1 aromatic rings. The molecular formula is C12H19NOS. The molecule has 0 bridgehead atoms. The van der Waals surface area contributed by atoms with E-state index < -0.39 is 0 Å². The molecule has 15 heavy (non-hydrogen) atoms. The van der Waals surface area contributed by atoms with E-state index in [1.807, 2.05) is 13.0 Å². The van der Waals surface area contributed by atoms with Crippen LogP contribution in [-0.4, -0.2) is 31.2 Å². The summed E-state index contributed by atoms with van der Waals surface area (Å²) in [5, 5.41) is 2.12. The van der Waals surface area contributed by atoms with E-state index in [9.17, 15) is 0 Å². The van der Waals surface area contributed by atoms with Gasteiger partial charge in [0.05, 0.1) is 6.61 Å². The smallest absolute Gasteiger partial charge is 0.0593 e. The first kappa shape index (κ1) is 12.4. The van der Waals surface area contributed by atoms with Gasteiger partial charge in [-0.3, -0.25) is 4.90 Å². The van der Waals surface area contributed by atoms with Crippen LogP contribution in [0.2, 0.25) is 0 Å². The molecule has 3 heteroatoms. The molecule has 0 saturated heterocycles. The Morgan fingerprint density at radius 3 is 3.07 bits per heavy atom. The van der Waals surface area contributed by atoms with E-state index in [-0.39, 0.29) is 0 Å². The van der Waals surface area contributed by atoms with Crippen molar-refractivity contribution in [2.24, 2.45) is 0 Å². The van der Waals surface area contributed by atoms with Crippen LogP contribution >= 0.6 is 11.3 Å². The molecule has 0 unspecified atom stereocenters. The zero-order chi connectivity index (χ0) is 10.9. The van der Waals surface area contributed by atoms with Gasteiger partial charge in [0.25, 0.3) is 0 Å². The van der Waals surface area contributed by atoms with Crippen LogP contribution in [0.4, 0.5) is 0 Å².